The van der Waals surface area contributed by atoms with E-state index in [1.165, 1.54) is 56.2 Å². The van der Waals surface area contributed by atoms with Crippen LogP contribution in [0.15, 0.2) is 0 Å². The van der Waals surface area contributed by atoms with Crippen LogP contribution in [0, 0.1) is 0 Å². The molecule has 0 aromatic rings. The molecule has 1 fully saturated rings. The van der Waals surface area contributed by atoms with Gasteiger partial charge in [-0.25, -0.2) is 0 Å². The van der Waals surface area contributed by atoms with Crippen LogP contribution in [-0.4, -0.2) is 43.1 Å². The second kappa shape index (κ2) is 6.89. The Labute approximate surface area is 99.8 Å². The van der Waals surface area contributed by atoms with Crippen LogP contribution in [0.5, 0.6) is 0 Å². The lowest BCUT2D eigenvalue weighted by Crippen LogP contribution is -2.52. The van der Waals surface area contributed by atoms with Gasteiger partial charge in [0, 0.05) is 6.92 Å². The minimum absolute atomic E-state index is 0.101. The van der Waals surface area contributed by atoms with Crippen LogP contribution in [0.1, 0.15) is 46.0 Å². The van der Waals surface area contributed by atoms with Gasteiger partial charge in [0.25, 0.3) is 0 Å². The van der Waals surface area contributed by atoms with Crippen molar-refractivity contribution in [1.82, 2.24) is 5.32 Å². The number of hydrogen-bond acceptors (Lipinski definition) is 1. The standard InChI is InChI=1S/C13H26N2O/c1-3-9-15(12-8-14-13(2)16)10-6-4-5-7-11-15/h3-12H2,1-2H3/p+1. The lowest BCUT2D eigenvalue weighted by molar-refractivity contribution is -0.926. The minimum Gasteiger partial charge on any atom is -0.351 e. The topological polar surface area (TPSA) is 29.1 Å². The fourth-order valence-electron chi connectivity index (χ4n) is 2.86. The van der Waals surface area contributed by atoms with E-state index < -0.39 is 0 Å². The van der Waals surface area contributed by atoms with Crippen molar-refractivity contribution in [3.8, 4) is 0 Å². The zero-order valence-corrected chi connectivity index (χ0v) is 10.9. The Hall–Kier alpha value is -0.570. The highest BCUT2D eigenvalue weighted by Crippen LogP contribution is 2.18. The van der Waals surface area contributed by atoms with Gasteiger partial charge in [-0.05, 0) is 32.1 Å². The summed E-state index contributed by atoms with van der Waals surface area (Å²) in [5.41, 5.74) is 0. The summed E-state index contributed by atoms with van der Waals surface area (Å²) >= 11 is 0. The molecule has 3 heteroatoms. The van der Waals surface area contributed by atoms with Crippen LogP contribution >= 0.6 is 0 Å². The summed E-state index contributed by atoms with van der Waals surface area (Å²) < 4.78 is 1.23. The molecular formula is C13H27N2O+. The first-order chi connectivity index (χ1) is 7.68. The molecule has 0 atom stereocenters. The van der Waals surface area contributed by atoms with Crippen LogP contribution < -0.4 is 5.32 Å². The number of nitrogens with zero attached hydrogens (tertiary/aromatic N) is 1. The highest BCUT2D eigenvalue weighted by atomic mass is 16.1. The lowest BCUT2D eigenvalue weighted by Gasteiger charge is -2.37. The smallest absolute Gasteiger partial charge is 0.217 e. The van der Waals surface area contributed by atoms with Crippen molar-refractivity contribution >= 4 is 5.91 Å². The Balaban J connectivity index is 2.45. The number of amides is 1. The fraction of sp³-hybridized carbons (Fsp3) is 0.923. The van der Waals surface area contributed by atoms with Crippen LogP contribution in [-0.2, 0) is 4.79 Å². The largest absolute Gasteiger partial charge is 0.351 e. The summed E-state index contributed by atoms with van der Waals surface area (Å²) in [5.74, 6) is 0.101. The SMILES string of the molecule is CCC[N+]1(CCNC(C)=O)CCCCCC1. The molecular weight excluding hydrogens is 200 g/mol. The first-order valence-electron chi connectivity index (χ1n) is 6.78. The summed E-state index contributed by atoms with van der Waals surface area (Å²) in [6.07, 6.45) is 6.76. The van der Waals surface area contributed by atoms with Crippen LogP contribution in [0.2, 0.25) is 0 Å². The van der Waals surface area contributed by atoms with E-state index in [0.29, 0.717) is 0 Å². The molecule has 1 rings (SSSR count). The molecule has 1 N–H and O–H groups in total. The highest BCUT2D eigenvalue weighted by Gasteiger charge is 2.27. The second-order valence-corrected chi connectivity index (χ2v) is 5.13. The van der Waals surface area contributed by atoms with Gasteiger partial charge < -0.3 is 9.80 Å². The average Bonchev–Trinajstić information content (AvgIpc) is 2.44. The molecule has 0 radical (unpaired) electrons. The van der Waals surface area contributed by atoms with E-state index in [9.17, 15) is 4.79 Å². The number of rotatable bonds is 5. The van der Waals surface area contributed by atoms with Crippen LogP contribution in [0.4, 0.5) is 0 Å². The van der Waals surface area contributed by atoms with Crippen molar-refractivity contribution in [3.63, 3.8) is 0 Å². The maximum absolute atomic E-state index is 10.9. The predicted octanol–water partition coefficient (Wildman–Crippen LogP) is 1.92. The Morgan fingerprint density at radius 2 is 1.75 bits per heavy atom. The molecule has 0 saturated carbocycles. The van der Waals surface area contributed by atoms with E-state index in [4.69, 9.17) is 0 Å². The van der Waals surface area contributed by atoms with Gasteiger partial charge in [0.2, 0.25) is 5.91 Å². The zero-order valence-electron chi connectivity index (χ0n) is 10.9. The summed E-state index contributed by atoms with van der Waals surface area (Å²) in [6.45, 7) is 9.74. The number of nitrogens with one attached hydrogen (secondary N) is 1. The quantitative estimate of drug-likeness (QED) is 0.714. The third-order valence-corrected chi connectivity index (χ3v) is 3.67. The van der Waals surface area contributed by atoms with Gasteiger partial charge in [-0.1, -0.05) is 6.92 Å². The van der Waals surface area contributed by atoms with E-state index in [-0.39, 0.29) is 5.91 Å². The molecule has 0 aliphatic carbocycles. The van der Waals surface area contributed by atoms with E-state index in [2.05, 4.69) is 12.2 Å². The van der Waals surface area contributed by atoms with Crippen molar-refractivity contribution in [2.75, 3.05) is 32.7 Å². The maximum Gasteiger partial charge on any atom is 0.217 e. The molecule has 0 aromatic carbocycles. The molecule has 0 aromatic heterocycles. The van der Waals surface area contributed by atoms with Gasteiger partial charge in [0.15, 0.2) is 0 Å². The van der Waals surface area contributed by atoms with Crippen molar-refractivity contribution in [1.29, 1.82) is 0 Å². The van der Waals surface area contributed by atoms with Gasteiger partial charge in [-0.3, -0.25) is 4.79 Å². The normalized spacial score (nSPS) is 20.1. The van der Waals surface area contributed by atoms with Crippen molar-refractivity contribution < 1.29 is 9.28 Å². The number of quaternary nitrogens is 1. The highest BCUT2D eigenvalue weighted by molar-refractivity contribution is 5.72. The first kappa shape index (κ1) is 13.5. The second-order valence-electron chi connectivity index (χ2n) is 5.13. The molecule has 1 saturated heterocycles. The summed E-state index contributed by atoms with van der Waals surface area (Å²) in [6, 6.07) is 0. The van der Waals surface area contributed by atoms with E-state index in [0.717, 1.165) is 13.1 Å². The van der Waals surface area contributed by atoms with Gasteiger partial charge in [-0.2, -0.15) is 0 Å². The molecule has 0 spiro atoms. The zero-order chi connectivity index (χ0) is 11.9. The molecule has 0 unspecified atom stereocenters. The van der Waals surface area contributed by atoms with E-state index in [1.54, 1.807) is 6.92 Å². The van der Waals surface area contributed by atoms with Crippen LogP contribution in [0.3, 0.4) is 0 Å². The number of likely N-dealkylation sites (tertiary alicyclic amines) is 1. The van der Waals surface area contributed by atoms with Crippen molar-refractivity contribution in [2.45, 2.75) is 46.0 Å². The summed E-state index contributed by atoms with van der Waals surface area (Å²) in [4.78, 5) is 10.9. The van der Waals surface area contributed by atoms with Gasteiger partial charge in [-0.15, -0.1) is 0 Å². The van der Waals surface area contributed by atoms with Gasteiger partial charge in [0.05, 0.1) is 32.7 Å². The molecule has 3 nitrogen and oxygen atoms in total. The fourth-order valence-corrected chi connectivity index (χ4v) is 2.86. The minimum atomic E-state index is 0.101. The monoisotopic (exact) mass is 227 g/mol. The number of carbonyl (C=O) groups excluding carboxylic acids is 1. The van der Waals surface area contributed by atoms with Gasteiger partial charge >= 0.3 is 0 Å². The van der Waals surface area contributed by atoms with Gasteiger partial charge in [0.1, 0.15) is 0 Å². The lowest BCUT2D eigenvalue weighted by atomic mass is 10.2. The molecule has 16 heavy (non-hydrogen) atoms. The predicted molar refractivity (Wildman–Crippen MR) is 67.2 cm³/mol. The summed E-state index contributed by atoms with van der Waals surface area (Å²) in [7, 11) is 0. The third kappa shape index (κ3) is 4.52. The van der Waals surface area contributed by atoms with Crippen molar-refractivity contribution in [3.05, 3.63) is 0 Å². The summed E-state index contributed by atoms with van der Waals surface area (Å²) in [5, 5.41) is 2.94. The number of hydrogen-bond donors (Lipinski definition) is 1. The number of carbonyl (C=O) groups is 1. The molecule has 1 aliphatic rings. The Morgan fingerprint density at radius 1 is 1.12 bits per heavy atom. The molecule has 0 bridgehead atoms. The average molecular weight is 227 g/mol. The Kier molecular flexibility index (Phi) is 5.81. The van der Waals surface area contributed by atoms with E-state index >= 15 is 0 Å². The van der Waals surface area contributed by atoms with E-state index in [1.807, 2.05) is 0 Å². The van der Waals surface area contributed by atoms with Crippen LogP contribution in [0.25, 0.3) is 0 Å². The molecule has 1 heterocycles. The molecule has 94 valence electrons. The Bertz CT molecular complexity index is 208. The maximum atomic E-state index is 10.9. The molecule has 1 amide bonds. The first-order valence-corrected chi connectivity index (χ1v) is 6.78. The molecule has 1 aliphatic heterocycles. The third-order valence-electron chi connectivity index (χ3n) is 3.67. The van der Waals surface area contributed by atoms with Crippen molar-refractivity contribution in [2.24, 2.45) is 0 Å². The Morgan fingerprint density at radius 3 is 2.25 bits per heavy atom.